The van der Waals surface area contributed by atoms with Crippen LogP contribution in [0.4, 0.5) is 5.82 Å². The summed E-state index contributed by atoms with van der Waals surface area (Å²) < 4.78 is 0. The molecule has 0 amide bonds. The van der Waals surface area contributed by atoms with Gasteiger partial charge in [-0.15, -0.1) is 0 Å². The highest BCUT2D eigenvalue weighted by Crippen LogP contribution is 2.23. The van der Waals surface area contributed by atoms with Crippen molar-refractivity contribution < 1.29 is 0 Å². The smallest absolute Gasteiger partial charge is 0.149 e. The van der Waals surface area contributed by atoms with Crippen LogP contribution in [0.5, 0.6) is 0 Å². The number of likely N-dealkylation sites (N-methyl/N-ethyl adjacent to an activating group) is 1. The third-order valence-electron chi connectivity index (χ3n) is 2.95. The first-order valence-corrected chi connectivity index (χ1v) is 6.08. The van der Waals surface area contributed by atoms with Crippen molar-refractivity contribution in [1.82, 2.24) is 15.3 Å². The summed E-state index contributed by atoms with van der Waals surface area (Å²) >= 11 is 5.87. The van der Waals surface area contributed by atoms with Gasteiger partial charge in [0, 0.05) is 19.1 Å². The minimum Gasteiger partial charge on any atom is -0.351 e. The Morgan fingerprint density at radius 3 is 3.12 bits per heavy atom. The van der Waals surface area contributed by atoms with Gasteiger partial charge in [0.05, 0.1) is 12.4 Å². The second kappa shape index (κ2) is 5.46. The van der Waals surface area contributed by atoms with Gasteiger partial charge in [-0.25, -0.2) is 4.98 Å². The molecule has 1 aliphatic heterocycles. The highest BCUT2D eigenvalue weighted by Gasteiger charge is 2.23. The molecule has 0 bridgehead atoms. The van der Waals surface area contributed by atoms with Crippen LogP contribution in [0.25, 0.3) is 0 Å². The number of piperidine rings is 1. The molecule has 1 aromatic heterocycles. The van der Waals surface area contributed by atoms with Crippen molar-refractivity contribution in [3.05, 3.63) is 17.5 Å². The van der Waals surface area contributed by atoms with E-state index in [-0.39, 0.29) is 0 Å². The average Bonchev–Trinajstić information content (AvgIpc) is 2.30. The molecule has 16 heavy (non-hydrogen) atoms. The lowest BCUT2D eigenvalue weighted by Crippen LogP contribution is -2.45. The van der Waals surface area contributed by atoms with Crippen molar-refractivity contribution in [2.24, 2.45) is 0 Å². The summed E-state index contributed by atoms with van der Waals surface area (Å²) in [6.07, 6.45) is 7.07. The van der Waals surface area contributed by atoms with Crippen molar-refractivity contribution in [3.8, 4) is 0 Å². The van der Waals surface area contributed by atoms with Crippen LogP contribution >= 0.6 is 11.6 Å². The Morgan fingerprint density at radius 1 is 1.50 bits per heavy atom. The molecule has 0 saturated carbocycles. The van der Waals surface area contributed by atoms with E-state index in [9.17, 15) is 0 Å². The molecular weight excluding hydrogens is 224 g/mol. The summed E-state index contributed by atoms with van der Waals surface area (Å²) in [5, 5.41) is 3.69. The van der Waals surface area contributed by atoms with Crippen LogP contribution in [0.3, 0.4) is 0 Å². The molecule has 0 aromatic carbocycles. The minimum atomic E-state index is 0.464. The zero-order valence-electron chi connectivity index (χ0n) is 9.49. The number of aromatic nitrogens is 2. The lowest BCUT2D eigenvalue weighted by atomic mass is 10.0. The molecular formula is C11H17ClN4. The Morgan fingerprint density at radius 2 is 2.38 bits per heavy atom. The van der Waals surface area contributed by atoms with Gasteiger partial charge in [-0.05, 0) is 26.3 Å². The molecule has 0 aliphatic carbocycles. The predicted molar refractivity (Wildman–Crippen MR) is 66.0 cm³/mol. The summed E-state index contributed by atoms with van der Waals surface area (Å²) in [6.45, 7) is 2.02. The van der Waals surface area contributed by atoms with Crippen LogP contribution < -0.4 is 10.2 Å². The zero-order valence-corrected chi connectivity index (χ0v) is 10.2. The van der Waals surface area contributed by atoms with Gasteiger partial charge in [0.2, 0.25) is 0 Å². The van der Waals surface area contributed by atoms with Gasteiger partial charge in [0.15, 0.2) is 0 Å². The van der Waals surface area contributed by atoms with Crippen LogP contribution in [-0.2, 0) is 0 Å². The molecule has 0 spiro atoms. The van der Waals surface area contributed by atoms with Crippen molar-refractivity contribution >= 4 is 17.4 Å². The molecule has 1 aliphatic rings. The first-order chi connectivity index (χ1) is 7.81. The minimum absolute atomic E-state index is 0.464. The Labute approximate surface area is 101 Å². The zero-order chi connectivity index (χ0) is 11.4. The monoisotopic (exact) mass is 240 g/mol. The highest BCUT2D eigenvalue weighted by atomic mass is 35.5. The first-order valence-electron chi connectivity index (χ1n) is 5.70. The molecule has 1 N–H and O–H groups in total. The second-order valence-corrected chi connectivity index (χ2v) is 4.49. The molecule has 2 heterocycles. The van der Waals surface area contributed by atoms with Gasteiger partial charge in [0.25, 0.3) is 0 Å². The second-order valence-electron chi connectivity index (χ2n) is 4.10. The lowest BCUT2D eigenvalue weighted by Gasteiger charge is -2.36. The number of halogens is 1. The van der Waals surface area contributed by atoms with Gasteiger partial charge < -0.3 is 10.2 Å². The van der Waals surface area contributed by atoms with Crippen LogP contribution in [0, 0.1) is 0 Å². The van der Waals surface area contributed by atoms with Crippen molar-refractivity contribution in [1.29, 1.82) is 0 Å². The molecule has 1 atom stereocenters. The number of rotatable bonds is 3. The number of anilines is 1. The fraction of sp³-hybridized carbons (Fsp3) is 0.636. The van der Waals surface area contributed by atoms with Gasteiger partial charge in [0.1, 0.15) is 11.0 Å². The third kappa shape index (κ3) is 2.62. The molecule has 4 nitrogen and oxygen atoms in total. The maximum atomic E-state index is 5.87. The van der Waals surface area contributed by atoms with Crippen molar-refractivity contribution in [2.45, 2.75) is 25.3 Å². The maximum Gasteiger partial charge on any atom is 0.149 e. The number of hydrogen-bond acceptors (Lipinski definition) is 4. The maximum absolute atomic E-state index is 5.87. The van der Waals surface area contributed by atoms with E-state index in [0.717, 1.165) is 18.9 Å². The van der Waals surface area contributed by atoms with E-state index in [1.54, 1.807) is 12.4 Å². The van der Waals surface area contributed by atoms with E-state index in [1.807, 2.05) is 7.05 Å². The van der Waals surface area contributed by atoms with Crippen LogP contribution in [-0.4, -0.2) is 36.1 Å². The average molecular weight is 241 g/mol. The van der Waals surface area contributed by atoms with Crippen molar-refractivity contribution in [3.63, 3.8) is 0 Å². The third-order valence-corrected chi connectivity index (χ3v) is 3.14. The summed E-state index contributed by atoms with van der Waals surface area (Å²) in [4.78, 5) is 10.7. The summed E-state index contributed by atoms with van der Waals surface area (Å²) in [5.74, 6) is 0.896. The fourth-order valence-corrected chi connectivity index (χ4v) is 2.36. The number of nitrogens with one attached hydrogen (secondary N) is 1. The van der Waals surface area contributed by atoms with E-state index in [0.29, 0.717) is 11.2 Å². The standard InChI is InChI=1S/C11H17ClN4/c1-13-6-9-4-2-3-5-16(9)11-8-14-7-10(12)15-11/h7-9,13H,2-6H2,1H3. The Hall–Kier alpha value is -0.870. The largest absolute Gasteiger partial charge is 0.351 e. The van der Waals surface area contributed by atoms with Gasteiger partial charge in [-0.3, -0.25) is 4.98 Å². The molecule has 0 radical (unpaired) electrons. The van der Waals surface area contributed by atoms with E-state index in [2.05, 4.69) is 20.2 Å². The number of hydrogen-bond donors (Lipinski definition) is 1. The van der Waals surface area contributed by atoms with Gasteiger partial charge in [-0.2, -0.15) is 0 Å². The molecule has 88 valence electrons. The molecule has 1 unspecified atom stereocenters. The molecule has 1 aromatic rings. The lowest BCUT2D eigenvalue weighted by molar-refractivity contribution is 0.443. The molecule has 2 rings (SSSR count). The summed E-state index contributed by atoms with van der Waals surface area (Å²) in [7, 11) is 1.98. The Bertz CT molecular complexity index is 343. The SMILES string of the molecule is CNCC1CCCCN1c1cncc(Cl)n1. The van der Waals surface area contributed by atoms with Gasteiger partial charge in [-0.1, -0.05) is 11.6 Å². The molecule has 1 fully saturated rings. The van der Waals surface area contributed by atoms with E-state index >= 15 is 0 Å². The molecule has 5 heteroatoms. The van der Waals surface area contributed by atoms with Crippen LogP contribution in [0.2, 0.25) is 5.15 Å². The van der Waals surface area contributed by atoms with Crippen LogP contribution in [0.15, 0.2) is 12.4 Å². The normalized spacial score (nSPS) is 21.1. The van der Waals surface area contributed by atoms with Crippen molar-refractivity contribution in [2.75, 3.05) is 25.0 Å². The fourth-order valence-electron chi connectivity index (χ4n) is 2.22. The van der Waals surface area contributed by atoms with Crippen LogP contribution in [0.1, 0.15) is 19.3 Å². The molecule has 1 saturated heterocycles. The highest BCUT2D eigenvalue weighted by molar-refractivity contribution is 6.29. The Balaban J connectivity index is 2.16. The van der Waals surface area contributed by atoms with Gasteiger partial charge >= 0.3 is 0 Å². The first kappa shape index (κ1) is 11.6. The summed E-state index contributed by atoms with van der Waals surface area (Å²) in [5.41, 5.74) is 0. The quantitative estimate of drug-likeness (QED) is 0.874. The summed E-state index contributed by atoms with van der Waals surface area (Å²) in [6, 6.07) is 0.506. The van der Waals surface area contributed by atoms with E-state index in [1.165, 1.54) is 19.3 Å². The predicted octanol–water partition coefficient (Wildman–Crippen LogP) is 1.71. The van der Waals surface area contributed by atoms with E-state index < -0.39 is 0 Å². The topological polar surface area (TPSA) is 41.0 Å². The van der Waals surface area contributed by atoms with E-state index in [4.69, 9.17) is 11.6 Å². The Kier molecular flexibility index (Phi) is 3.96. The number of nitrogens with zero attached hydrogens (tertiary/aromatic N) is 3.